The van der Waals surface area contributed by atoms with Gasteiger partial charge in [0.05, 0.1) is 6.61 Å². The molecule has 21 heavy (non-hydrogen) atoms. The molecule has 1 unspecified atom stereocenters. The van der Waals surface area contributed by atoms with Crippen molar-refractivity contribution in [2.45, 2.75) is 64.6 Å². The number of hydrogen-bond acceptors (Lipinski definition) is 2. The fourth-order valence-corrected chi connectivity index (χ4v) is 2.42. The van der Waals surface area contributed by atoms with Crippen LogP contribution in [0.25, 0.3) is 0 Å². The maximum absolute atomic E-state index is 6.27. The zero-order valence-corrected chi connectivity index (χ0v) is 14.2. The third-order valence-corrected chi connectivity index (χ3v) is 3.78. The fourth-order valence-electron chi connectivity index (χ4n) is 2.29. The first-order valence-electron chi connectivity index (χ1n) is 8.20. The minimum atomic E-state index is -0.526. The molecule has 0 amide bonds. The van der Waals surface area contributed by atoms with Gasteiger partial charge in [-0.3, -0.25) is 0 Å². The Hall–Kier alpha value is -0.730. The SMILES string of the molecule is CCCCOC(CCCC)(CCCCl)Oc1ccccc1. The number of halogens is 1. The summed E-state index contributed by atoms with van der Waals surface area (Å²) in [5, 5.41) is 0. The number of benzene rings is 1. The van der Waals surface area contributed by atoms with E-state index in [0.717, 1.165) is 57.3 Å². The molecule has 1 aromatic rings. The van der Waals surface area contributed by atoms with Crippen LogP contribution in [0.15, 0.2) is 30.3 Å². The average molecular weight is 313 g/mol. The van der Waals surface area contributed by atoms with Gasteiger partial charge in [-0.25, -0.2) is 0 Å². The van der Waals surface area contributed by atoms with Crippen molar-refractivity contribution in [3.63, 3.8) is 0 Å². The Bertz CT molecular complexity index is 345. The van der Waals surface area contributed by atoms with E-state index in [9.17, 15) is 0 Å². The molecule has 0 saturated heterocycles. The minimum Gasteiger partial charge on any atom is -0.462 e. The molecule has 120 valence electrons. The van der Waals surface area contributed by atoms with Crippen molar-refractivity contribution in [3.05, 3.63) is 30.3 Å². The highest BCUT2D eigenvalue weighted by Crippen LogP contribution is 2.30. The molecule has 0 N–H and O–H groups in total. The molecule has 0 bridgehead atoms. The van der Waals surface area contributed by atoms with Gasteiger partial charge in [-0.2, -0.15) is 0 Å². The van der Waals surface area contributed by atoms with Crippen LogP contribution < -0.4 is 4.74 Å². The minimum absolute atomic E-state index is 0.526. The van der Waals surface area contributed by atoms with Crippen LogP contribution in [0.2, 0.25) is 0 Å². The van der Waals surface area contributed by atoms with Crippen LogP contribution in [-0.2, 0) is 4.74 Å². The van der Waals surface area contributed by atoms with E-state index in [4.69, 9.17) is 21.1 Å². The molecule has 0 aliphatic heterocycles. The monoisotopic (exact) mass is 312 g/mol. The average Bonchev–Trinajstić information content (AvgIpc) is 2.52. The number of hydrogen-bond donors (Lipinski definition) is 0. The third-order valence-electron chi connectivity index (χ3n) is 3.51. The number of ether oxygens (including phenoxy) is 2. The van der Waals surface area contributed by atoms with Crippen molar-refractivity contribution in [2.24, 2.45) is 0 Å². The summed E-state index contributed by atoms with van der Waals surface area (Å²) in [5.41, 5.74) is 0. The molecule has 0 aliphatic carbocycles. The fraction of sp³-hybridized carbons (Fsp3) is 0.667. The number of para-hydroxylation sites is 1. The van der Waals surface area contributed by atoms with Gasteiger partial charge in [-0.1, -0.05) is 44.9 Å². The lowest BCUT2D eigenvalue weighted by Crippen LogP contribution is -2.40. The summed E-state index contributed by atoms with van der Waals surface area (Å²) in [6.07, 6.45) is 7.09. The van der Waals surface area contributed by atoms with Crippen LogP contribution in [0.5, 0.6) is 5.75 Å². The van der Waals surface area contributed by atoms with Gasteiger partial charge >= 0.3 is 0 Å². The van der Waals surface area contributed by atoms with Crippen molar-refractivity contribution >= 4 is 11.6 Å². The summed E-state index contributed by atoms with van der Waals surface area (Å²) in [7, 11) is 0. The van der Waals surface area contributed by atoms with E-state index < -0.39 is 5.79 Å². The van der Waals surface area contributed by atoms with Crippen molar-refractivity contribution in [1.29, 1.82) is 0 Å². The van der Waals surface area contributed by atoms with E-state index >= 15 is 0 Å². The lowest BCUT2D eigenvalue weighted by atomic mass is 10.0. The molecule has 0 fully saturated rings. The number of rotatable bonds is 12. The number of unbranched alkanes of at least 4 members (excludes halogenated alkanes) is 2. The van der Waals surface area contributed by atoms with E-state index in [0.29, 0.717) is 5.88 Å². The van der Waals surface area contributed by atoms with Crippen molar-refractivity contribution in [3.8, 4) is 5.75 Å². The molecular weight excluding hydrogens is 284 g/mol. The van der Waals surface area contributed by atoms with Crippen LogP contribution in [0.3, 0.4) is 0 Å². The van der Waals surface area contributed by atoms with Crippen LogP contribution >= 0.6 is 11.6 Å². The second-order valence-corrected chi connectivity index (χ2v) is 5.80. The predicted molar refractivity (Wildman–Crippen MR) is 90.1 cm³/mol. The lowest BCUT2D eigenvalue weighted by molar-refractivity contribution is -0.193. The van der Waals surface area contributed by atoms with E-state index in [1.165, 1.54) is 0 Å². The van der Waals surface area contributed by atoms with Crippen molar-refractivity contribution in [2.75, 3.05) is 12.5 Å². The van der Waals surface area contributed by atoms with Gasteiger partial charge < -0.3 is 9.47 Å². The molecule has 0 heterocycles. The standard InChI is InChI=1S/C18H29ClO2/c1-3-5-13-18(14-10-15-19,20-16-6-4-2)21-17-11-8-7-9-12-17/h7-9,11-12H,3-6,10,13-16H2,1-2H3. The van der Waals surface area contributed by atoms with Crippen LogP contribution in [0, 0.1) is 0 Å². The van der Waals surface area contributed by atoms with Gasteiger partial charge in [0.2, 0.25) is 5.79 Å². The quantitative estimate of drug-likeness (QED) is 0.276. The van der Waals surface area contributed by atoms with Crippen LogP contribution in [0.1, 0.15) is 58.8 Å². The Morgan fingerprint density at radius 3 is 2.24 bits per heavy atom. The Balaban J connectivity index is 2.79. The van der Waals surface area contributed by atoms with Crippen molar-refractivity contribution < 1.29 is 9.47 Å². The predicted octanol–water partition coefficient (Wildman–Crippen LogP) is 5.79. The van der Waals surface area contributed by atoms with Crippen molar-refractivity contribution in [1.82, 2.24) is 0 Å². The Morgan fingerprint density at radius 2 is 1.62 bits per heavy atom. The molecule has 0 radical (unpaired) electrons. The van der Waals surface area contributed by atoms with E-state index in [1.807, 2.05) is 30.3 Å². The topological polar surface area (TPSA) is 18.5 Å². The number of alkyl halides is 1. The molecule has 0 aromatic heterocycles. The molecule has 0 saturated carbocycles. The zero-order chi connectivity index (χ0) is 15.4. The van der Waals surface area contributed by atoms with Gasteiger partial charge in [0.1, 0.15) is 5.75 Å². The Kier molecular flexibility index (Phi) is 9.53. The van der Waals surface area contributed by atoms with E-state index in [1.54, 1.807) is 0 Å². The highest BCUT2D eigenvalue weighted by molar-refractivity contribution is 6.17. The van der Waals surface area contributed by atoms with E-state index in [2.05, 4.69) is 13.8 Å². The largest absolute Gasteiger partial charge is 0.462 e. The van der Waals surface area contributed by atoms with E-state index in [-0.39, 0.29) is 0 Å². The summed E-state index contributed by atoms with van der Waals surface area (Å²) in [6, 6.07) is 9.97. The van der Waals surface area contributed by atoms with Crippen LogP contribution in [0.4, 0.5) is 0 Å². The molecular formula is C18H29ClO2. The summed E-state index contributed by atoms with van der Waals surface area (Å²) in [4.78, 5) is 0. The van der Waals surface area contributed by atoms with Gasteiger partial charge in [-0.15, -0.1) is 11.6 Å². The summed E-state index contributed by atoms with van der Waals surface area (Å²) < 4.78 is 12.5. The van der Waals surface area contributed by atoms with Gasteiger partial charge in [0.15, 0.2) is 0 Å². The maximum atomic E-state index is 6.27. The maximum Gasteiger partial charge on any atom is 0.210 e. The van der Waals surface area contributed by atoms with Gasteiger partial charge in [-0.05, 0) is 31.4 Å². The normalized spacial score (nSPS) is 13.9. The third kappa shape index (κ3) is 7.19. The zero-order valence-electron chi connectivity index (χ0n) is 13.4. The van der Waals surface area contributed by atoms with Gasteiger partial charge in [0.25, 0.3) is 0 Å². The first-order chi connectivity index (χ1) is 10.3. The Labute approximate surface area is 134 Å². The molecule has 3 heteroatoms. The first kappa shape index (κ1) is 18.3. The lowest BCUT2D eigenvalue weighted by Gasteiger charge is -2.34. The van der Waals surface area contributed by atoms with Crippen LogP contribution in [-0.4, -0.2) is 18.3 Å². The molecule has 2 nitrogen and oxygen atoms in total. The summed E-state index contributed by atoms with van der Waals surface area (Å²) in [5.74, 6) is 0.990. The first-order valence-corrected chi connectivity index (χ1v) is 8.73. The second kappa shape index (κ2) is 10.9. The second-order valence-electron chi connectivity index (χ2n) is 5.42. The molecule has 1 rings (SSSR count). The summed E-state index contributed by atoms with van der Waals surface area (Å²) in [6.45, 7) is 5.12. The Morgan fingerprint density at radius 1 is 0.952 bits per heavy atom. The molecule has 0 aliphatic rings. The van der Waals surface area contributed by atoms with Gasteiger partial charge in [0, 0.05) is 18.7 Å². The highest BCUT2D eigenvalue weighted by Gasteiger charge is 2.32. The smallest absolute Gasteiger partial charge is 0.210 e. The molecule has 1 aromatic carbocycles. The molecule has 0 spiro atoms. The molecule has 1 atom stereocenters. The summed E-state index contributed by atoms with van der Waals surface area (Å²) >= 11 is 5.89. The highest BCUT2D eigenvalue weighted by atomic mass is 35.5.